The quantitative estimate of drug-likeness (QED) is 0.344. The minimum atomic E-state index is -0.109. The van der Waals surface area contributed by atoms with Crippen LogP contribution in [-0.2, 0) is 12.8 Å². The summed E-state index contributed by atoms with van der Waals surface area (Å²) in [4.78, 5) is 0. The molecule has 0 aliphatic rings. The fourth-order valence-electron chi connectivity index (χ4n) is 3.18. The van der Waals surface area contributed by atoms with Crippen molar-refractivity contribution in [1.82, 2.24) is 0 Å². The summed E-state index contributed by atoms with van der Waals surface area (Å²) in [5.41, 5.74) is 5.17. The number of rotatable bonds is 8. The van der Waals surface area contributed by atoms with Crippen LogP contribution in [0.25, 0.3) is 6.08 Å². The molecule has 0 spiro atoms. The average molecular weight is 395 g/mol. The summed E-state index contributed by atoms with van der Waals surface area (Å²) in [6, 6.07) is 9.04. The highest BCUT2D eigenvalue weighted by Gasteiger charge is 2.11. The van der Waals surface area contributed by atoms with Gasteiger partial charge >= 0.3 is 0 Å². The summed E-state index contributed by atoms with van der Waals surface area (Å²) in [7, 11) is 0. The maximum atomic E-state index is 10.7. The van der Waals surface area contributed by atoms with E-state index >= 15 is 0 Å². The highest BCUT2D eigenvalue weighted by molar-refractivity contribution is 5.58. The normalized spacial score (nSPS) is 12.5. The number of benzene rings is 2. The SMILES string of the molecule is CC(C)=CCc1cc(/C=C/C(C)c2ccc(O)c(O)c2)cc(CCC(C)C)c1O. The molecule has 0 aromatic heterocycles. The summed E-state index contributed by atoms with van der Waals surface area (Å²) >= 11 is 0. The molecule has 156 valence electrons. The number of allylic oxidation sites excluding steroid dienone is 3. The first kappa shape index (κ1) is 22.6. The van der Waals surface area contributed by atoms with Crippen LogP contribution in [0.4, 0.5) is 0 Å². The van der Waals surface area contributed by atoms with Gasteiger partial charge in [0.05, 0.1) is 0 Å². The van der Waals surface area contributed by atoms with Crippen molar-refractivity contribution in [3.8, 4) is 17.2 Å². The molecule has 3 nitrogen and oxygen atoms in total. The second kappa shape index (κ2) is 10.2. The van der Waals surface area contributed by atoms with Crippen molar-refractivity contribution in [2.45, 2.75) is 59.8 Å². The van der Waals surface area contributed by atoms with Crippen LogP contribution in [0.5, 0.6) is 17.2 Å². The van der Waals surface area contributed by atoms with Crippen LogP contribution in [0, 0.1) is 5.92 Å². The molecule has 0 saturated heterocycles. The van der Waals surface area contributed by atoms with Crippen LogP contribution in [-0.4, -0.2) is 15.3 Å². The smallest absolute Gasteiger partial charge is 0.157 e. The first-order valence-electron chi connectivity index (χ1n) is 10.4. The number of phenols is 3. The van der Waals surface area contributed by atoms with Crippen LogP contribution >= 0.6 is 0 Å². The lowest BCUT2D eigenvalue weighted by atomic mass is 9.94. The summed E-state index contributed by atoms with van der Waals surface area (Å²) in [5, 5.41) is 30.0. The standard InChI is InChI=1S/C26H34O3/c1-17(2)6-10-22-14-20(15-23(26(22)29)11-7-18(3)4)9-8-19(5)21-12-13-24(27)25(28)16-21/h6,8-9,12-16,18-19,27-29H,7,10-11H2,1-5H3/b9-8+. The number of phenolic OH excluding ortho intramolecular Hbond substituents is 3. The van der Waals surface area contributed by atoms with Gasteiger partial charge in [0.15, 0.2) is 11.5 Å². The van der Waals surface area contributed by atoms with Gasteiger partial charge in [-0.1, -0.05) is 50.6 Å². The van der Waals surface area contributed by atoms with E-state index in [1.54, 1.807) is 6.07 Å². The molecule has 0 aliphatic carbocycles. The molecule has 0 heterocycles. The Kier molecular flexibility index (Phi) is 7.95. The van der Waals surface area contributed by atoms with E-state index in [1.165, 1.54) is 11.6 Å². The van der Waals surface area contributed by atoms with Crippen LogP contribution in [0.15, 0.2) is 48.1 Å². The first-order valence-corrected chi connectivity index (χ1v) is 10.4. The molecule has 2 aromatic rings. The van der Waals surface area contributed by atoms with Crippen molar-refractivity contribution in [2.75, 3.05) is 0 Å². The Morgan fingerprint density at radius 1 is 0.931 bits per heavy atom. The Labute approximate surface area is 175 Å². The lowest BCUT2D eigenvalue weighted by molar-refractivity contribution is 0.403. The molecular weight excluding hydrogens is 360 g/mol. The van der Waals surface area contributed by atoms with Crippen LogP contribution < -0.4 is 0 Å². The maximum Gasteiger partial charge on any atom is 0.157 e. The zero-order valence-corrected chi connectivity index (χ0v) is 18.2. The zero-order chi connectivity index (χ0) is 21.6. The van der Waals surface area contributed by atoms with E-state index < -0.39 is 0 Å². The summed E-state index contributed by atoms with van der Waals surface area (Å²) < 4.78 is 0. The van der Waals surface area contributed by atoms with Gasteiger partial charge < -0.3 is 15.3 Å². The number of hydrogen-bond donors (Lipinski definition) is 3. The summed E-state index contributed by atoms with van der Waals surface area (Å²) in [5.74, 6) is 0.860. The van der Waals surface area contributed by atoms with Crippen LogP contribution in [0.2, 0.25) is 0 Å². The predicted octanol–water partition coefficient (Wildman–Crippen LogP) is 6.72. The molecule has 1 unspecified atom stereocenters. The Bertz CT molecular complexity index is 887. The molecular formula is C26H34O3. The molecule has 2 aromatic carbocycles. The third kappa shape index (κ3) is 6.70. The topological polar surface area (TPSA) is 60.7 Å². The molecule has 0 radical (unpaired) electrons. The molecule has 0 fully saturated rings. The first-order chi connectivity index (χ1) is 13.7. The number of hydrogen-bond acceptors (Lipinski definition) is 3. The van der Waals surface area contributed by atoms with Gasteiger partial charge in [-0.2, -0.15) is 0 Å². The molecule has 0 amide bonds. The van der Waals surface area contributed by atoms with Crippen molar-refractivity contribution in [1.29, 1.82) is 0 Å². The van der Waals surface area contributed by atoms with Crippen molar-refractivity contribution in [3.05, 3.63) is 70.3 Å². The third-order valence-corrected chi connectivity index (χ3v) is 5.11. The fraction of sp³-hybridized carbons (Fsp3) is 0.385. The summed E-state index contributed by atoms with van der Waals surface area (Å²) in [6.07, 6.45) is 8.89. The molecule has 29 heavy (non-hydrogen) atoms. The lowest BCUT2D eigenvalue weighted by Crippen LogP contribution is -1.97. The van der Waals surface area contributed by atoms with Gasteiger partial charge in [-0.05, 0) is 91.5 Å². The van der Waals surface area contributed by atoms with Gasteiger partial charge in [-0.3, -0.25) is 0 Å². The van der Waals surface area contributed by atoms with Gasteiger partial charge in [-0.15, -0.1) is 0 Å². The third-order valence-electron chi connectivity index (χ3n) is 5.11. The monoisotopic (exact) mass is 394 g/mol. The second-order valence-corrected chi connectivity index (χ2v) is 8.50. The molecule has 0 saturated carbocycles. The van der Waals surface area contributed by atoms with Gasteiger partial charge in [0, 0.05) is 0 Å². The van der Waals surface area contributed by atoms with E-state index in [-0.39, 0.29) is 17.4 Å². The van der Waals surface area contributed by atoms with E-state index in [1.807, 2.05) is 19.1 Å². The van der Waals surface area contributed by atoms with E-state index in [9.17, 15) is 15.3 Å². The summed E-state index contributed by atoms with van der Waals surface area (Å²) in [6.45, 7) is 10.6. The predicted molar refractivity (Wildman–Crippen MR) is 122 cm³/mol. The van der Waals surface area contributed by atoms with E-state index in [4.69, 9.17) is 0 Å². The molecule has 0 aliphatic heterocycles. The van der Waals surface area contributed by atoms with Gasteiger partial charge in [0.2, 0.25) is 0 Å². The molecule has 0 bridgehead atoms. The second-order valence-electron chi connectivity index (χ2n) is 8.50. The Morgan fingerprint density at radius 3 is 2.24 bits per heavy atom. The van der Waals surface area contributed by atoms with E-state index in [0.29, 0.717) is 18.1 Å². The van der Waals surface area contributed by atoms with E-state index in [0.717, 1.165) is 35.1 Å². The molecule has 2 rings (SSSR count). The van der Waals surface area contributed by atoms with Crippen molar-refractivity contribution in [3.63, 3.8) is 0 Å². The molecule has 3 N–H and O–H groups in total. The van der Waals surface area contributed by atoms with Crippen molar-refractivity contribution < 1.29 is 15.3 Å². The average Bonchev–Trinajstić information content (AvgIpc) is 2.66. The van der Waals surface area contributed by atoms with E-state index in [2.05, 4.69) is 52.0 Å². The molecule has 3 heteroatoms. The van der Waals surface area contributed by atoms with Crippen molar-refractivity contribution >= 4 is 6.08 Å². The highest BCUT2D eigenvalue weighted by Crippen LogP contribution is 2.31. The highest BCUT2D eigenvalue weighted by atomic mass is 16.3. The largest absolute Gasteiger partial charge is 0.507 e. The van der Waals surface area contributed by atoms with Crippen LogP contribution in [0.1, 0.15) is 69.2 Å². The minimum Gasteiger partial charge on any atom is -0.507 e. The molecule has 1 atom stereocenters. The number of aryl methyl sites for hydroxylation is 1. The zero-order valence-electron chi connectivity index (χ0n) is 18.2. The van der Waals surface area contributed by atoms with Crippen molar-refractivity contribution in [2.24, 2.45) is 5.92 Å². The lowest BCUT2D eigenvalue weighted by Gasteiger charge is -2.13. The van der Waals surface area contributed by atoms with Gasteiger partial charge in [0.1, 0.15) is 5.75 Å². The fourth-order valence-corrected chi connectivity index (χ4v) is 3.18. The van der Waals surface area contributed by atoms with Crippen LogP contribution in [0.3, 0.4) is 0 Å². The van der Waals surface area contributed by atoms with Gasteiger partial charge in [0.25, 0.3) is 0 Å². The maximum absolute atomic E-state index is 10.7. The minimum absolute atomic E-state index is 0.0793. The number of aromatic hydroxyl groups is 3. The Balaban J connectivity index is 2.32. The Hall–Kier alpha value is -2.68. The Morgan fingerprint density at radius 2 is 1.62 bits per heavy atom. The van der Waals surface area contributed by atoms with Gasteiger partial charge in [-0.25, -0.2) is 0 Å².